The number of piperazine rings is 1. The maximum absolute atomic E-state index is 12.9. The molecule has 4 rings (SSSR count). The Bertz CT molecular complexity index is 771. The Kier molecular flexibility index (Phi) is 5.39. The molecule has 1 aliphatic carbocycles. The van der Waals surface area contributed by atoms with Gasteiger partial charge in [-0.25, -0.2) is 4.98 Å². The zero-order chi connectivity index (χ0) is 18.6. The molecule has 0 radical (unpaired) electrons. The number of hydrogen-bond acceptors (Lipinski definition) is 4. The number of aromatic nitrogens is 1. The van der Waals surface area contributed by atoms with Gasteiger partial charge in [-0.3, -0.25) is 9.69 Å². The van der Waals surface area contributed by atoms with Gasteiger partial charge in [0.1, 0.15) is 5.82 Å². The average molecular weight is 364 g/mol. The molecule has 27 heavy (non-hydrogen) atoms. The van der Waals surface area contributed by atoms with Crippen molar-refractivity contribution in [2.24, 2.45) is 0 Å². The summed E-state index contributed by atoms with van der Waals surface area (Å²) >= 11 is 0. The minimum absolute atomic E-state index is 0.220. The molecular weight excluding hydrogens is 336 g/mol. The molecule has 2 aliphatic rings. The van der Waals surface area contributed by atoms with Gasteiger partial charge in [0.2, 0.25) is 5.91 Å². The Morgan fingerprint density at radius 2 is 1.89 bits per heavy atom. The van der Waals surface area contributed by atoms with Crippen molar-refractivity contribution < 1.29 is 4.79 Å². The second-order valence-corrected chi connectivity index (χ2v) is 7.56. The van der Waals surface area contributed by atoms with Crippen molar-refractivity contribution in [3.8, 4) is 0 Å². The van der Waals surface area contributed by atoms with Crippen molar-refractivity contribution in [1.29, 1.82) is 0 Å². The molecule has 0 unspecified atom stereocenters. The van der Waals surface area contributed by atoms with Crippen LogP contribution in [0.2, 0.25) is 0 Å². The lowest BCUT2D eigenvalue weighted by atomic mass is 9.87. The second kappa shape index (κ2) is 8.09. The highest BCUT2D eigenvalue weighted by Gasteiger charge is 2.28. The molecule has 1 amide bonds. The molecule has 0 saturated carbocycles. The van der Waals surface area contributed by atoms with E-state index in [2.05, 4.69) is 45.1 Å². The van der Waals surface area contributed by atoms with Gasteiger partial charge in [0.25, 0.3) is 0 Å². The van der Waals surface area contributed by atoms with Gasteiger partial charge in [-0.05, 0) is 42.5 Å². The number of rotatable bonds is 4. The Balaban J connectivity index is 1.34. The van der Waals surface area contributed by atoms with Crippen LogP contribution in [0.25, 0.3) is 0 Å². The number of hydrogen-bond donors (Lipinski definition) is 0. The summed E-state index contributed by atoms with van der Waals surface area (Å²) in [6, 6.07) is 14.8. The average Bonchev–Trinajstić information content (AvgIpc) is 2.74. The summed E-state index contributed by atoms with van der Waals surface area (Å²) in [6.45, 7) is 4.14. The van der Waals surface area contributed by atoms with Gasteiger partial charge in [-0.15, -0.1) is 0 Å². The third-order valence-corrected chi connectivity index (χ3v) is 5.90. The van der Waals surface area contributed by atoms with Crippen LogP contribution in [0.5, 0.6) is 0 Å². The number of anilines is 1. The van der Waals surface area contributed by atoms with Crippen LogP contribution in [0.15, 0.2) is 48.7 Å². The minimum Gasteiger partial charge on any atom is -0.354 e. The van der Waals surface area contributed by atoms with Crippen LogP contribution in [0.3, 0.4) is 0 Å². The molecule has 1 atom stereocenters. The highest BCUT2D eigenvalue weighted by atomic mass is 16.2. The molecule has 2 heterocycles. The first-order chi connectivity index (χ1) is 13.2. The molecule has 142 valence electrons. The number of amides is 1. The maximum Gasteiger partial charge on any atom is 0.237 e. The molecule has 1 aromatic heterocycles. The molecule has 1 aliphatic heterocycles. The van der Waals surface area contributed by atoms with E-state index in [0.717, 1.165) is 51.3 Å². The summed E-state index contributed by atoms with van der Waals surface area (Å²) in [5, 5.41) is 0. The number of aryl methyl sites for hydroxylation is 1. The van der Waals surface area contributed by atoms with Gasteiger partial charge in [-0.2, -0.15) is 0 Å². The number of likely N-dealkylation sites (N-methyl/N-ethyl adjacent to an activating group) is 1. The summed E-state index contributed by atoms with van der Waals surface area (Å²) in [4.78, 5) is 23.9. The molecule has 0 N–H and O–H groups in total. The molecular formula is C22H28N4O. The molecule has 1 saturated heterocycles. The van der Waals surface area contributed by atoms with Crippen LogP contribution in [-0.2, 0) is 11.2 Å². The van der Waals surface area contributed by atoms with E-state index in [1.165, 1.54) is 11.1 Å². The fourth-order valence-corrected chi connectivity index (χ4v) is 4.28. The second-order valence-electron chi connectivity index (χ2n) is 7.56. The van der Waals surface area contributed by atoms with E-state index in [4.69, 9.17) is 0 Å². The lowest BCUT2D eigenvalue weighted by Gasteiger charge is -2.37. The first-order valence-corrected chi connectivity index (χ1v) is 9.94. The third kappa shape index (κ3) is 3.98. The maximum atomic E-state index is 12.9. The summed E-state index contributed by atoms with van der Waals surface area (Å²) in [6.07, 6.45) is 5.18. The number of carbonyl (C=O) groups excluding carboxylic acids is 1. The summed E-state index contributed by atoms with van der Waals surface area (Å²) in [7, 11) is 1.97. The van der Waals surface area contributed by atoms with Crippen LogP contribution in [0.4, 0.5) is 5.82 Å². The number of pyridine rings is 1. The molecule has 5 heteroatoms. The van der Waals surface area contributed by atoms with E-state index in [0.29, 0.717) is 6.54 Å². The van der Waals surface area contributed by atoms with E-state index in [9.17, 15) is 4.79 Å². The van der Waals surface area contributed by atoms with E-state index in [1.807, 2.05) is 30.3 Å². The predicted octanol–water partition coefficient (Wildman–Crippen LogP) is 2.74. The monoisotopic (exact) mass is 364 g/mol. The largest absolute Gasteiger partial charge is 0.354 e. The summed E-state index contributed by atoms with van der Waals surface area (Å²) in [5.74, 6) is 1.25. The SMILES string of the molecule is CN(C(=O)CN1CCN(c2ccccn2)CC1)[C@H]1CCCc2ccccc21. The quantitative estimate of drug-likeness (QED) is 0.836. The van der Waals surface area contributed by atoms with Crippen molar-refractivity contribution in [3.63, 3.8) is 0 Å². The number of carbonyl (C=O) groups is 1. The van der Waals surface area contributed by atoms with Gasteiger partial charge in [-0.1, -0.05) is 30.3 Å². The molecule has 2 aromatic rings. The minimum atomic E-state index is 0.220. The Morgan fingerprint density at radius 1 is 1.11 bits per heavy atom. The fourth-order valence-electron chi connectivity index (χ4n) is 4.28. The van der Waals surface area contributed by atoms with Crippen LogP contribution in [0.1, 0.15) is 30.0 Å². The van der Waals surface area contributed by atoms with E-state index >= 15 is 0 Å². The lowest BCUT2D eigenvalue weighted by Crippen LogP contribution is -2.50. The predicted molar refractivity (Wildman–Crippen MR) is 108 cm³/mol. The third-order valence-electron chi connectivity index (χ3n) is 5.90. The molecule has 1 aromatic carbocycles. The van der Waals surface area contributed by atoms with Gasteiger partial charge >= 0.3 is 0 Å². The van der Waals surface area contributed by atoms with Crippen LogP contribution in [-0.4, -0.2) is 60.5 Å². The summed E-state index contributed by atoms with van der Waals surface area (Å²) < 4.78 is 0. The van der Waals surface area contributed by atoms with Crippen molar-refractivity contribution >= 4 is 11.7 Å². The highest BCUT2D eigenvalue weighted by Crippen LogP contribution is 2.33. The lowest BCUT2D eigenvalue weighted by molar-refractivity contribution is -0.133. The smallest absolute Gasteiger partial charge is 0.237 e. The first kappa shape index (κ1) is 18.0. The van der Waals surface area contributed by atoms with E-state index < -0.39 is 0 Å². The van der Waals surface area contributed by atoms with Crippen LogP contribution >= 0.6 is 0 Å². The van der Waals surface area contributed by atoms with E-state index in [-0.39, 0.29) is 11.9 Å². The van der Waals surface area contributed by atoms with Gasteiger partial charge in [0.15, 0.2) is 0 Å². The molecule has 0 bridgehead atoms. The fraction of sp³-hybridized carbons (Fsp3) is 0.455. The Labute approximate surface area is 161 Å². The Morgan fingerprint density at radius 3 is 2.67 bits per heavy atom. The topological polar surface area (TPSA) is 39.7 Å². The van der Waals surface area contributed by atoms with Crippen molar-refractivity contribution in [1.82, 2.24) is 14.8 Å². The van der Waals surface area contributed by atoms with Crippen LogP contribution < -0.4 is 4.90 Å². The van der Waals surface area contributed by atoms with Crippen molar-refractivity contribution in [2.75, 3.05) is 44.7 Å². The van der Waals surface area contributed by atoms with Gasteiger partial charge in [0.05, 0.1) is 12.6 Å². The Hall–Kier alpha value is -2.40. The van der Waals surface area contributed by atoms with Crippen molar-refractivity contribution in [2.45, 2.75) is 25.3 Å². The number of nitrogens with zero attached hydrogens (tertiary/aromatic N) is 4. The zero-order valence-electron chi connectivity index (χ0n) is 16.1. The highest BCUT2D eigenvalue weighted by molar-refractivity contribution is 5.78. The van der Waals surface area contributed by atoms with Gasteiger partial charge < -0.3 is 9.80 Å². The van der Waals surface area contributed by atoms with Crippen LogP contribution in [0, 0.1) is 0 Å². The van der Waals surface area contributed by atoms with E-state index in [1.54, 1.807) is 0 Å². The molecule has 0 spiro atoms. The normalized spacial score (nSPS) is 20.2. The van der Waals surface area contributed by atoms with Crippen molar-refractivity contribution in [3.05, 3.63) is 59.8 Å². The molecule has 5 nitrogen and oxygen atoms in total. The molecule has 1 fully saturated rings. The number of benzene rings is 1. The number of fused-ring (bicyclic) bond motifs is 1. The standard InChI is InChI=1S/C22H28N4O/c1-24(20-10-6-8-18-7-2-3-9-19(18)20)22(27)17-25-13-15-26(16-14-25)21-11-4-5-12-23-21/h2-5,7,9,11-12,20H,6,8,10,13-17H2,1H3/t20-/m0/s1. The summed E-state index contributed by atoms with van der Waals surface area (Å²) in [5.41, 5.74) is 2.73. The zero-order valence-corrected chi connectivity index (χ0v) is 16.1. The first-order valence-electron chi connectivity index (χ1n) is 9.94. The van der Waals surface area contributed by atoms with Gasteiger partial charge in [0, 0.05) is 39.4 Å².